The summed E-state index contributed by atoms with van der Waals surface area (Å²) in [4.78, 5) is 21.1. The van der Waals surface area contributed by atoms with Gasteiger partial charge in [0.15, 0.2) is 0 Å². The highest BCUT2D eigenvalue weighted by Gasteiger charge is 2.40. The van der Waals surface area contributed by atoms with Crippen LogP contribution < -0.4 is 0 Å². The molecule has 7 aromatic rings. The number of hydrogen-bond donors (Lipinski definition) is 0. The monoisotopic (exact) mass is 902 g/mol. The van der Waals surface area contributed by atoms with Gasteiger partial charge in [-0.2, -0.15) is 0 Å². The van der Waals surface area contributed by atoms with Gasteiger partial charge in [0.25, 0.3) is 0 Å². The van der Waals surface area contributed by atoms with Crippen LogP contribution in [0.25, 0.3) is 39.9 Å². The largest absolute Gasteiger partial charge is 0.350 e. The topological polar surface area (TPSA) is 25.9 Å². The van der Waals surface area contributed by atoms with E-state index in [0.717, 1.165) is 59.5 Å². The fourth-order valence-corrected chi connectivity index (χ4v) is 11.3. The molecule has 0 atom stereocenters. The first-order valence-corrected chi connectivity index (χ1v) is 24.5. The zero-order valence-electron chi connectivity index (χ0n) is 39.4. The normalized spacial score (nSPS) is 17.8. The third-order valence-corrected chi connectivity index (χ3v) is 14.4. The van der Waals surface area contributed by atoms with Gasteiger partial charge in [-0.05, 0) is 29.2 Å². The summed E-state index contributed by atoms with van der Waals surface area (Å²) in [5.74, 6) is 0. The molecule has 1 saturated heterocycles. The molecule has 0 aromatic heterocycles. The van der Waals surface area contributed by atoms with E-state index in [1.54, 1.807) is 0 Å². The molecule has 0 radical (unpaired) electrons. The highest BCUT2D eigenvalue weighted by Crippen LogP contribution is 2.44. The minimum Gasteiger partial charge on any atom is -0.350 e. The molecular formula is C61H58N8. The zero-order valence-corrected chi connectivity index (χ0v) is 39.4. The molecule has 0 unspecified atom stereocenters. The molecule has 5 heterocycles. The van der Waals surface area contributed by atoms with Crippen LogP contribution in [0.15, 0.2) is 218 Å². The number of benzene rings is 7. The second-order valence-electron chi connectivity index (χ2n) is 18.6. The van der Waals surface area contributed by atoms with Crippen LogP contribution in [-0.4, -0.2) is 105 Å². The van der Waals surface area contributed by atoms with Crippen LogP contribution in [0.3, 0.4) is 0 Å². The summed E-state index contributed by atoms with van der Waals surface area (Å²) in [5, 5.41) is 0. The van der Waals surface area contributed by atoms with Crippen LogP contribution in [0.1, 0.15) is 45.9 Å². The number of allylic oxidation sites excluding steroid dienone is 1. The van der Waals surface area contributed by atoms with Gasteiger partial charge >= 0.3 is 0 Å². The fraction of sp³-hybridized carbons (Fsp3) is 0.180. The average molecular weight is 903 g/mol. The van der Waals surface area contributed by atoms with Gasteiger partial charge < -0.3 is 39.2 Å². The fourth-order valence-electron chi connectivity index (χ4n) is 11.3. The SMILES string of the molecule is CC1=C(c2ccccc2)N2CCN3CN(CN4CN(CCN5CN(CN1C2)C(c1ccccc1)=C5c1ccccc1)C(c1ccccc1)=C4c1ccccc1)C(c1ccccc1)=C3c1ccccc1. The summed E-state index contributed by atoms with van der Waals surface area (Å²) in [6.07, 6.45) is 0. The zero-order chi connectivity index (χ0) is 46.1. The molecule has 69 heavy (non-hydrogen) atoms. The van der Waals surface area contributed by atoms with Crippen molar-refractivity contribution in [1.29, 1.82) is 0 Å². The number of nitrogens with zero attached hydrogens (tertiary/aromatic N) is 8. The van der Waals surface area contributed by atoms with Crippen molar-refractivity contribution in [3.05, 3.63) is 257 Å². The van der Waals surface area contributed by atoms with Gasteiger partial charge in [0.1, 0.15) is 0 Å². The lowest BCUT2D eigenvalue weighted by atomic mass is 10.0. The van der Waals surface area contributed by atoms with E-state index >= 15 is 0 Å². The number of hydrogen-bond acceptors (Lipinski definition) is 8. The summed E-state index contributed by atoms with van der Waals surface area (Å²) in [7, 11) is 0. The van der Waals surface area contributed by atoms with Crippen molar-refractivity contribution in [2.24, 2.45) is 0 Å². The second kappa shape index (κ2) is 18.5. The van der Waals surface area contributed by atoms with Crippen LogP contribution in [-0.2, 0) is 0 Å². The lowest BCUT2D eigenvalue weighted by molar-refractivity contribution is 0.142. The molecule has 0 amide bonds. The molecule has 0 N–H and O–H groups in total. The van der Waals surface area contributed by atoms with Crippen LogP contribution in [0, 0.1) is 0 Å². The summed E-state index contributed by atoms with van der Waals surface area (Å²) >= 11 is 0. The van der Waals surface area contributed by atoms with E-state index in [1.165, 1.54) is 84.5 Å². The molecule has 1 fully saturated rings. The second-order valence-corrected chi connectivity index (χ2v) is 18.6. The summed E-state index contributed by atoms with van der Waals surface area (Å²) in [6, 6.07) is 77.6. The first-order chi connectivity index (χ1) is 34.2. The van der Waals surface area contributed by atoms with Crippen LogP contribution in [0.5, 0.6) is 0 Å². The third kappa shape index (κ3) is 8.05. The van der Waals surface area contributed by atoms with Crippen molar-refractivity contribution in [2.45, 2.75) is 6.92 Å². The Morgan fingerprint density at radius 3 is 0.638 bits per heavy atom. The highest BCUT2D eigenvalue weighted by molar-refractivity contribution is 5.94. The average Bonchev–Trinajstić information content (AvgIpc) is 4.16. The maximum atomic E-state index is 2.66. The Morgan fingerprint density at radius 2 is 0.377 bits per heavy atom. The Labute approximate surface area is 407 Å². The van der Waals surface area contributed by atoms with E-state index in [4.69, 9.17) is 0 Å². The minimum atomic E-state index is 0.713. The number of fused-ring (bicyclic) bond motifs is 8. The molecule has 342 valence electrons. The van der Waals surface area contributed by atoms with E-state index in [0.29, 0.717) is 6.67 Å². The summed E-state index contributed by atoms with van der Waals surface area (Å²) < 4.78 is 0. The Kier molecular flexibility index (Phi) is 11.4. The molecule has 7 aromatic carbocycles. The predicted molar refractivity (Wildman–Crippen MR) is 282 cm³/mol. The lowest BCUT2D eigenvalue weighted by Gasteiger charge is -2.34. The van der Waals surface area contributed by atoms with Gasteiger partial charge in [-0.15, -0.1) is 0 Å². The van der Waals surface area contributed by atoms with Crippen molar-refractivity contribution in [3.63, 3.8) is 0 Å². The van der Waals surface area contributed by atoms with Gasteiger partial charge in [0.05, 0.1) is 79.9 Å². The molecule has 8 heteroatoms. The lowest BCUT2D eigenvalue weighted by Crippen LogP contribution is -2.42. The quantitative estimate of drug-likeness (QED) is 0.156. The van der Waals surface area contributed by atoms with Gasteiger partial charge in [-0.25, -0.2) is 0 Å². The van der Waals surface area contributed by atoms with Crippen LogP contribution in [0.4, 0.5) is 0 Å². The standard InChI is InChI=1S/C61H58N8/c1-47-55(48-23-9-2-10-24-48)62-37-38-63-43-68(60(53-33-19-7-20-34-53)57(63)50-27-13-4-14-28-50)46-69-44-65(58(51-29-15-5-16-30-51)61(69)54-35-21-8-22-36-54)40-39-64-42-67(45-66(47)41-62)59(52-31-17-6-18-32-52)56(64)49-25-11-3-12-26-49/h2-36H,37-46H2,1H3. The van der Waals surface area contributed by atoms with E-state index < -0.39 is 0 Å². The van der Waals surface area contributed by atoms with E-state index in [1.807, 2.05) is 0 Å². The van der Waals surface area contributed by atoms with Crippen molar-refractivity contribution in [3.8, 4) is 0 Å². The van der Waals surface area contributed by atoms with Crippen molar-refractivity contribution < 1.29 is 0 Å². The van der Waals surface area contributed by atoms with Crippen LogP contribution >= 0.6 is 0 Å². The Balaban J connectivity index is 1.04. The molecule has 12 rings (SSSR count). The minimum absolute atomic E-state index is 0.713. The van der Waals surface area contributed by atoms with Crippen molar-refractivity contribution in [2.75, 3.05) is 66.2 Å². The van der Waals surface area contributed by atoms with E-state index in [2.05, 4.69) is 258 Å². The Morgan fingerprint density at radius 1 is 0.203 bits per heavy atom. The van der Waals surface area contributed by atoms with E-state index in [9.17, 15) is 0 Å². The molecule has 0 spiro atoms. The number of rotatable bonds is 7. The Bertz CT molecular complexity index is 3030. The molecule has 8 bridgehead atoms. The summed E-state index contributed by atoms with van der Waals surface area (Å²) in [5.41, 5.74) is 18.9. The molecule has 5 aliphatic rings. The summed E-state index contributed by atoms with van der Waals surface area (Å²) in [6.45, 7) is 10.3. The molecular weight excluding hydrogens is 845 g/mol. The van der Waals surface area contributed by atoms with Crippen LogP contribution in [0.2, 0.25) is 0 Å². The smallest absolute Gasteiger partial charge is 0.0939 e. The highest BCUT2D eigenvalue weighted by atomic mass is 15.5. The van der Waals surface area contributed by atoms with Crippen molar-refractivity contribution in [1.82, 2.24) is 39.2 Å². The van der Waals surface area contributed by atoms with Crippen molar-refractivity contribution >= 4 is 39.9 Å². The van der Waals surface area contributed by atoms with Gasteiger partial charge in [-0.3, -0.25) is 0 Å². The van der Waals surface area contributed by atoms with E-state index in [-0.39, 0.29) is 0 Å². The first-order valence-electron chi connectivity index (χ1n) is 24.5. The van der Waals surface area contributed by atoms with Gasteiger partial charge in [-0.1, -0.05) is 212 Å². The van der Waals surface area contributed by atoms with Gasteiger partial charge in [0, 0.05) is 48.6 Å². The molecule has 5 aliphatic heterocycles. The molecule has 0 aliphatic carbocycles. The molecule has 8 nitrogen and oxygen atoms in total. The maximum Gasteiger partial charge on any atom is 0.0939 e. The third-order valence-electron chi connectivity index (χ3n) is 14.4. The Hall–Kier alpha value is -8.10. The maximum absolute atomic E-state index is 2.66. The molecule has 0 saturated carbocycles. The first kappa shape index (κ1) is 42.3. The predicted octanol–water partition coefficient (Wildman–Crippen LogP) is 11.2. The van der Waals surface area contributed by atoms with Gasteiger partial charge in [0.2, 0.25) is 0 Å².